The third-order valence-corrected chi connectivity index (χ3v) is 4.18. The Morgan fingerprint density at radius 2 is 1.80 bits per heavy atom. The number of hydrogen-bond acceptors (Lipinski definition) is 3. The highest BCUT2D eigenvalue weighted by molar-refractivity contribution is 7.80. The van der Waals surface area contributed by atoms with Gasteiger partial charge in [-0.1, -0.05) is 43.3 Å². The highest BCUT2D eigenvalue weighted by Crippen LogP contribution is 2.24. The van der Waals surface area contributed by atoms with Crippen LogP contribution in [0.2, 0.25) is 0 Å². The van der Waals surface area contributed by atoms with Crippen LogP contribution in [0.1, 0.15) is 18.1 Å². The van der Waals surface area contributed by atoms with Gasteiger partial charge in [-0.3, -0.25) is 14.9 Å². The molecule has 1 aliphatic heterocycles. The summed E-state index contributed by atoms with van der Waals surface area (Å²) in [5.41, 5.74) is 1.76. The molecule has 0 saturated carbocycles. The van der Waals surface area contributed by atoms with Gasteiger partial charge in [0.25, 0.3) is 11.8 Å². The molecular formula is C19H15FN2O2S. The first-order chi connectivity index (χ1) is 12.0. The maximum Gasteiger partial charge on any atom is 0.270 e. The van der Waals surface area contributed by atoms with Crippen molar-refractivity contribution in [3.05, 3.63) is 71.0 Å². The van der Waals surface area contributed by atoms with Gasteiger partial charge in [-0.15, -0.1) is 0 Å². The fourth-order valence-electron chi connectivity index (χ4n) is 2.53. The first-order valence-electron chi connectivity index (χ1n) is 7.76. The van der Waals surface area contributed by atoms with Crippen LogP contribution in [0.3, 0.4) is 0 Å². The number of halogens is 1. The number of benzene rings is 2. The van der Waals surface area contributed by atoms with Crippen molar-refractivity contribution in [2.24, 2.45) is 0 Å². The van der Waals surface area contributed by atoms with Gasteiger partial charge in [-0.05, 0) is 48.0 Å². The van der Waals surface area contributed by atoms with Crippen LogP contribution in [0.15, 0.2) is 54.1 Å². The molecule has 25 heavy (non-hydrogen) atoms. The fourth-order valence-corrected chi connectivity index (χ4v) is 2.80. The van der Waals surface area contributed by atoms with Gasteiger partial charge in [0.1, 0.15) is 11.4 Å². The number of rotatable bonds is 3. The van der Waals surface area contributed by atoms with Crippen LogP contribution in [0, 0.1) is 5.82 Å². The zero-order valence-electron chi connectivity index (χ0n) is 13.5. The summed E-state index contributed by atoms with van der Waals surface area (Å²) in [7, 11) is 0. The second kappa shape index (κ2) is 6.94. The molecule has 4 nitrogen and oxygen atoms in total. The molecule has 2 amide bonds. The number of carbonyl (C=O) groups excluding carboxylic acids is 2. The summed E-state index contributed by atoms with van der Waals surface area (Å²) in [6.45, 7) is 2.04. The Balaban J connectivity index is 2.00. The van der Waals surface area contributed by atoms with Crippen LogP contribution in [0.4, 0.5) is 10.1 Å². The van der Waals surface area contributed by atoms with Gasteiger partial charge in [-0.2, -0.15) is 0 Å². The third-order valence-electron chi connectivity index (χ3n) is 3.89. The monoisotopic (exact) mass is 354 g/mol. The van der Waals surface area contributed by atoms with E-state index in [2.05, 4.69) is 5.32 Å². The van der Waals surface area contributed by atoms with E-state index in [0.29, 0.717) is 5.56 Å². The maximum atomic E-state index is 14.1. The molecule has 3 rings (SSSR count). The Bertz CT molecular complexity index is 891. The van der Waals surface area contributed by atoms with Crippen LogP contribution in [-0.2, 0) is 16.0 Å². The van der Waals surface area contributed by atoms with E-state index in [1.165, 1.54) is 24.3 Å². The molecule has 0 atom stereocenters. The summed E-state index contributed by atoms with van der Waals surface area (Å²) in [6.07, 6.45) is 2.37. The van der Waals surface area contributed by atoms with Gasteiger partial charge in [-0.25, -0.2) is 9.29 Å². The molecule has 6 heteroatoms. The molecule has 0 spiro atoms. The lowest BCUT2D eigenvalue weighted by Crippen LogP contribution is -2.54. The SMILES string of the molecule is CCc1ccc(/C=C2/C(=O)NC(=S)N(c3ccccc3F)C2=O)cc1. The van der Waals surface area contributed by atoms with Crippen molar-refractivity contribution in [2.45, 2.75) is 13.3 Å². The number of anilines is 1. The van der Waals surface area contributed by atoms with Gasteiger partial charge in [0.15, 0.2) is 5.11 Å². The van der Waals surface area contributed by atoms with E-state index < -0.39 is 17.6 Å². The van der Waals surface area contributed by atoms with E-state index in [1.807, 2.05) is 31.2 Å². The quantitative estimate of drug-likeness (QED) is 0.523. The Labute approximate surface area is 150 Å². The number of amides is 2. The van der Waals surface area contributed by atoms with Crippen molar-refractivity contribution in [1.82, 2.24) is 5.32 Å². The standard InChI is InChI=1S/C19H15FN2O2S/c1-2-12-7-9-13(10-8-12)11-14-17(23)21-19(25)22(18(14)24)16-6-4-3-5-15(16)20/h3-11H,2H2,1H3,(H,21,23,25)/b14-11-. The van der Waals surface area contributed by atoms with Crippen molar-refractivity contribution in [3.63, 3.8) is 0 Å². The van der Waals surface area contributed by atoms with Crippen molar-refractivity contribution in [3.8, 4) is 0 Å². The molecule has 1 heterocycles. The molecule has 126 valence electrons. The van der Waals surface area contributed by atoms with Gasteiger partial charge in [0, 0.05) is 0 Å². The molecule has 2 aromatic rings. The highest BCUT2D eigenvalue weighted by Gasteiger charge is 2.35. The molecule has 0 unspecified atom stereocenters. The Morgan fingerprint density at radius 1 is 1.12 bits per heavy atom. The van der Waals surface area contributed by atoms with E-state index >= 15 is 0 Å². The molecule has 0 aromatic heterocycles. The van der Waals surface area contributed by atoms with Crippen molar-refractivity contribution < 1.29 is 14.0 Å². The van der Waals surface area contributed by atoms with Crippen LogP contribution < -0.4 is 10.2 Å². The number of nitrogens with zero attached hydrogens (tertiary/aromatic N) is 1. The van der Waals surface area contributed by atoms with Crippen molar-refractivity contribution >= 4 is 40.9 Å². The molecule has 1 fully saturated rings. The topological polar surface area (TPSA) is 49.4 Å². The minimum Gasteiger partial charge on any atom is -0.298 e. The molecule has 0 aliphatic carbocycles. The molecule has 2 aromatic carbocycles. The largest absolute Gasteiger partial charge is 0.298 e. The Morgan fingerprint density at radius 3 is 2.44 bits per heavy atom. The Hall–Kier alpha value is -2.86. The minimum atomic E-state index is -0.654. The summed E-state index contributed by atoms with van der Waals surface area (Å²) < 4.78 is 14.1. The smallest absolute Gasteiger partial charge is 0.270 e. The van der Waals surface area contributed by atoms with Gasteiger partial charge in [0.2, 0.25) is 0 Å². The zero-order valence-corrected chi connectivity index (χ0v) is 14.3. The predicted molar refractivity (Wildman–Crippen MR) is 98.4 cm³/mol. The zero-order chi connectivity index (χ0) is 18.0. The Kier molecular flexibility index (Phi) is 4.72. The lowest BCUT2D eigenvalue weighted by Gasteiger charge is -2.29. The first kappa shape index (κ1) is 17.0. The lowest BCUT2D eigenvalue weighted by atomic mass is 10.0. The maximum absolute atomic E-state index is 14.1. The van der Waals surface area contributed by atoms with E-state index in [4.69, 9.17) is 12.2 Å². The highest BCUT2D eigenvalue weighted by atomic mass is 32.1. The molecular weight excluding hydrogens is 339 g/mol. The number of aryl methyl sites for hydroxylation is 1. The van der Waals surface area contributed by atoms with E-state index in [0.717, 1.165) is 16.9 Å². The van der Waals surface area contributed by atoms with E-state index in [-0.39, 0.29) is 16.4 Å². The summed E-state index contributed by atoms with van der Waals surface area (Å²) in [5, 5.41) is 2.30. The number of carbonyl (C=O) groups is 2. The van der Waals surface area contributed by atoms with Crippen molar-refractivity contribution in [1.29, 1.82) is 0 Å². The number of nitrogens with one attached hydrogen (secondary N) is 1. The number of para-hydroxylation sites is 1. The number of hydrogen-bond donors (Lipinski definition) is 1. The average molecular weight is 354 g/mol. The summed E-state index contributed by atoms with van der Waals surface area (Å²) in [6, 6.07) is 13.3. The third kappa shape index (κ3) is 3.34. The molecule has 1 N–H and O–H groups in total. The van der Waals surface area contributed by atoms with E-state index in [1.54, 1.807) is 6.07 Å². The van der Waals surface area contributed by atoms with Crippen LogP contribution in [0.5, 0.6) is 0 Å². The van der Waals surface area contributed by atoms with E-state index in [9.17, 15) is 14.0 Å². The van der Waals surface area contributed by atoms with Gasteiger partial charge < -0.3 is 0 Å². The average Bonchev–Trinajstić information content (AvgIpc) is 2.60. The van der Waals surface area contributed by atoms with Crippen LogP contribution in [0.25, 0.3) is 6.08 Å². The van der Waals surface area contributed by atoms with Gasteiger partial charge >= 0.3 is 0 Å². The normalized spacial score (nSPS) is 16.3. The summed E-state index contributed by atoms with van der Waals surface area (Å²) in [5.74, 6) is -1.85. The molecule has 1 aliphatic rings. The second-order valence-corrected chi connectivity index (χ2v) is 5.89. The van der Waals surface area contributed by atoms with Crippen LogP contribution in [-0.4, -0.2) is 16.9 Å². The first-order valence-corrected chi connectivity index (χ1v) is 8.17. The summed E-state index contributed by atoms with van der Waals surface area (Å²) >= 11 is 5.05. The lowest BCUT2D eigenvalue weighted by molar-refractivity contribution is -0.122. The van der Waals surface area contributed by atoms with Crippen LogP contribution >= 0.6 is 12.2 Å². The van der Waals surface area contributed by atoms with Crippen molar-refractivity contribution in [2.75, 3.05) is 4.90 Å². The second-order valence-electron chi connectivity index (χ2n) is 5.50. The molecule has 1 saturated heterocycles. The summed E-state index contributed by atoms with van der Waals surface area (Å²) in [4.78, 5) is 26.0. The fraction of sp³-hybridized carbons (Fsp3) is 0.105. The number of thiocarbonyl (C=S) groups is 1. The molecule has 0 radical (unpaired) electrons. The van der Waals surface area contributed by atoms with Gasteiger partial charge in [0.05, 0.1) is 5.69 Å². The minimum absolute atomic E-state index is 0.00438. The molecule has 0 bridgehead atoms. The predicted octanol–water partition coefficient (Wildman–Crippen LogP) is 3.22.